The number of esters is 2. The lowest BCUT2D eigenvalue weighted by atomic mass is 9.99. The summed E-state index contributed by atoms with van der Waals surface area (Å²) in [6.07, 6.45) is -36.4. The van der Waals surface area contributed by atoms with Crippen molar-refractivity contribution in [2.75, 3.05) is 26.4 Å². The van der Waals surface area contributed by atoms with Crippen LogP contribution in [0.1, 0.15) is 12.0 Å². The van der Waals surface area contributed by atoms with E-state index in [4.69, 9.17) is 56.9 Å². The fraction of sp³-hybridized carbons (Fsp3) is 0.490. The van der Waals surface area contributed by atoms with Gasteiger partial charge in [-0.1, -0.05) is 12.1 Å². The summed E-state index contributed by atoms with van der Waals surface area (Å²) in [6, 6.07) is 10.5. The highest BCUT2D eigenvalue weighted by atomic mass is 16.7. The van der Waals surface area contributed by atoms with E-state index in [1.165, 1.54) is 30.3 Å². The average Bonchev–Trinajstić information content (AvgIpc) is 3.64. The Bertz CT molecular complexity index is 2940. The number of hydrogen-bond donors (Lipinski definition) is 18. The molecule has 32 nitrogen and oxygen atoms in total. The van der Waals surface area contributed by atoms with Gasteiger partial charge in [0, 0.05) is 30.3 Å². The van der Waals surface area contributed by atoms with Crippen molar-refractivity contribution in [1.29, 1.82) is 0 Å². The van der Waals surface area contributed by atoms with Gasteiger partial charge in [0.05, 0.1) is 24.8 Å². The fourth-order valence-corrected chi connectivity index (χ4v) is 8.89. The van der Waals surface area contributed by atoms with Gasteiger partial charge in [-0.05, 0) is 23.8 Å². The Balaban J connectivity index is 1.07. The number of carbonyl (C=O) groups excluding carboxylic acids is 2. The third-order valence-corrected chi connectivity index (χ3v) is 13.5. The van der Waals surface area contributed by atoms with Gasteiger partial charge in [-0.15, -0.1) is 0 Å². The predicted molar refractivity (Wildman–Crippen MR) is 264 cm³/mol. The summed E-state index contributed by atoms with van der Waals surface area (Å²) in [7, 11) is 0. The van der Waals surface area contributed by atoms with Crippen LogP contribution in [0.2, 0.25) is 0 Å². The number of carbonyl (C=O) groups is 3. The smallest absolute Gasteiger partial charge is 0.402 e. The number of rotatable bonds is 19. The molecule has 32 heteroatoms. The quantitative estimate of drug-likeness (QED) is 0.0180. The summed E-state index contributed by atoms with van der Waals surface area (Å²) in [4.78, 5) is 36.0. The first kappa shape index (κ1) is 62.2. The molecule has 0 spiro atoms. The highest BCUT2D eigenvalue weighted by molar-refractivity contribution is 5.90. The second-order valence-corrected chi connectivity index (χ2v) is 19.3. The number of phenols is 3. The van der Waals surface area contributed by atoms with E-state index in [9.17, 15) is 101 Å². The van der Waals surface area contributed by atoms with E-state index in [2.05, 4.69) is 0 Å². The van der Waals surface area contributed by atoms with Gasteiger partial charge in [0.25, 0.3) is 0 Å². The third-order valence-electron chi connectivity index (χ3n) is 13.5. The van der Waals surface area contributed by atoms with Gasteiger partial charge in [0.1, 0.15) is 140 Å². The summed E-state index contributed by atoms with van der Waals surface area (Å²) in [5.74, 6) is -8.77. The molecular weight excluding hydrogens is 1120 g/mol. The molecule has 4 fully saturated rings. The molecule has 4 aliphatic rings. The highest BCUT2D eigenvalue weighted by Crippen LogP contribution is 2.47. The van der Waals surface area contributed by atoms with Crippen LogP contribution in [-0.4, -0.2) is 259 Å². The number of aliphatic hydroxyl groups is 14. The van der Waals surface area contributed by atoms with Crippen molar-refractivity contribution in [1.82, 2.24) is 0 Å². The summed E-state index contributed by atoms with van der Waals surface area (Å²) < 4.78 is 61.7. The molecule has 8 rings (SSSR count). The number of benzene rings is 3. The van der Waals surface area contributed by atoms with E-state index in [0.717, 1.165) is 36.4 Å². The van der Waals surface area contributed by atoms with Gasteiger partial charge in [-0.3, -0.25) is 9.59 Å². The van der Waals surface area contributed by atoms with Crippen LogP contribution in [0.3, 0.4) is 0 Å². The van der Waals surface area contributed by atoms with Crippen molar-refractivity contribution >= 4 is 35.0 Å². The summed E-state index contributed by atoms with van der Waals surface area (Å²) in [5, 5.41) is 189. The van der Waals surface area contributed by atoms with Gasteiger partial charge in [0.15, 0.2) is 11.5 Å². The number of aliphatic hydroxyl groups excluding tert-OH is 14. The molecule has 0 radical (unpaired) electrons. The van der Waals surface area contributed by atoms with Crippen molar-refractivity contribution < 1.29 is 158 Å². The molecule has 1 aromatic heterocycles. The lowest BCUT2D eigenvalue weighted by Crippen LogP contribution is -2.60. The second-order valence-electron chi connectivity index (χ2n) is 19.3. The third kappa shape index (κ3) is 13.9. The van der Waals surface area contributed by atoms with Crippen molar-refractivity contribution in [2.24, 2.45) is 0 Å². The Morgan fingerprint density at radius 3 is 1.45 bits per heavy atom. The van der Waals surface area contributed by atoms with Crippen molar-refractivity contribution in [3.05, 3.63) is 66.2 Å². The molecule has 0 saturated carbocycles. The van der Waals surface area contributed by atoms with Crippen LogP contribution in [0.15, 0.2) is 65.1 Å². The number of ether oxygens (including phenoxy) is 10. The molecule has 20 atom stereocenters. The van der Waals surface area contributed by atoms with Crippen molar-refractivity contribution in [2.45, 2.75) is 129 Å². The number of phenolic OH excluding ortho intramolecular Hbond substituents is 3. The summed E-state index contributed by atoms with van der Waals surface area (Å²) in [5.41, 5.74) is -0.329. The van der Waals surface area contributed by atoms with E-state index in [0.29, 0.717) is 5.56 Å². The highest BCUT2D eigenvalue weighted by Gasteiger charge is 2.50. The number of fused-ring (bicyclic) bond motifs is 1. The Labute approximate surface area is 465 Å². The fourth-order valence-electron chi connectivity index (χ4n) is 8.89. The molecule has 0 amide bonds. The zero-order valence-corrected chi connectivity index (χ0v) is 42.7. The Morgan fingerprint density at radius 2 is 0.964 bits per heavy atom. The first-order chi connectivity index (χ1) is 39.4. The molecule has 0 bridgehead atoms. The van der Waals surface area contributed by atoms with Crippen LogP contribution in [0.25, 0.3) is 28.4 Å². The average molecular weight is 1180 g/mol. The molecule has 20 unspecified atom stereocenters. The molecular formula is C51H59O32+. The van der Waals surface area contributed by atoms with Crippen LogP contribution < -0.4 is 18.9 Å². The molecule has 5 heterocycles. The minimum Gasteiger partial charge on any atom is -0.507 e. The lowest BCUT2D eigenvalue weighted by molar-refractivity contribution is -0.279. The largest absolute Gasteiger partial charge is 0.507 e. The number of carboxylic acids is 1. The van der Waals surface area contributed by atoms with E-state index in [1.54, 1.807) is 0 Å². The molecule has 3 aromatic carbocycles. The van der Waals surface area contributed by atoms with E-state index >= 15 is 0 Å². The molecule has 4 aliphatic heterocycles. The van der Waals surface area contributed by atoms with E-state index in [-0.39, 0.29) is 22.3 Å². The summed E-state index contributed by atoms with van der Waals surface area (Å²) in [6.45, 7) is -3.34. The standard InChI is InChI=1S/C51H58O32/c52-13-27-35(61)39(65)43(69)48(80-27)75-20-4-1-17(2-5-20)3-6-32(58)73-15-29-37(63)41(67)45(71)50(82-29)78-25-8-18(7-24(34(25)60)77-49-44(70)40(66)36(62)28(14-53)81-49)47-26(11-21-22(55)9-19(54)10-23(21)76-47)79-51-46(72)42(68)38(64)30(83-51)16-74-33(59)12-31(56)57/h1-11,27-30,35-46,48-53,61-72H,12-16H2,(H3-,54,55,56,57,60)/p+1. The van der Waals surface area contributed by atoms with Gasteiger partial charge in [-0.25, -0.2) is 9.21 Å². The van der Waals surface area contributed by atoms with Crippen LogP contribution >= 0.6 is 0 Å². The number of carboxylic acid groups (broad SMARTS) is 1. The van der Waals surface area contributed by atoms with E-state index < -0.39 is 214 Å². The van der Waals surface area contributed by atoms with Crippen LogP contribution in [0.5, 0.6) is 40.2 Å². The Kier molecular flexibility index (Phi) is 19.7. The van der Waals surface area contributed by atoms with Crippen LogP contribution in [0.4, 0.5) is 0 Å². The van der Waals surface area contributed by atoms with Gasteiger partial charge < -0.3 is 139 Å². The molecule has 83 heavy (non-hydrogen) atoms. The SMILES string of the molecule is O=C(O)CC(=O)OCC1OC(Oc2cc3c(O)cc(O)cc3[o+]c2-c2cc(OC3OC(CO)C(O)C(O)C3O)c(O)c(OC3OC(COC(=O)C=Cc4ccc(OC5OC(CO)C(O)C(O)C5O)cc4)C(O)C(O)C3O)c2)C(O)C(O)C1O. The Hall–Kier alpha value is -6.90. The number of hydrogen-bond acceptors (Lipinski definition) is 30. The zero-order valence-electron chi connectivity index (χ0n) is 42.7. The van der Waals surface area contributed by atoms with Crippen LogP contribution in [-0.2, 0) is 42.8 Å². The summed E-state index contributed by atoms with van der Waals surface area (Å²) >= 11 is 0. The molecule has 454 valence electrons. The normalized spacial score (nSPS) is 33.8. The van der Waals surface area contributed by atoms with Gasteiger partial charge in [-0.2, -0.15) is 0 Å². The monoisotopic (exact) mass is 1180 g/mol. The molecule has 0 aliphatic carbocycles. The Morgan fingerprint density at radius 1 is 0.518 bits per heavy atom. The zero-order chi connectivity index (χ0) is 60.3. The maximum atomic E-state index is 12.9. The first-order valence-electron chi connectivity index (χ1n) is 25.1. The molecule has 18 N–H and O–H groups in total. The van der Waals surface area contributed by atoms with Gasteiger partial charge >= 0.3 is 29.3 Å². The minimum absolute atomic E-state index is 0.113. The van der Waals surface area contributed by atoms with Crippen LogP contribution in [0, 0.1) is 0 Å². The number of aromatic hydroxyl groups is 3. The molecule has 4 aromatic rings. The number of aliphatic carboxylic acids is 1. The van der Waals surface area contributed by atoms with Gasteiger partial charge in [0.2, 0.25) is 36.7 Å². The first-order valence-corrected chi connectivity index (χ1v) is 25.1. The van der Waals surface area contributed by atoms with Crippen molar-refractivity contribution in [3.63, 3.8) is 0 Å². The maximum absolute atomic E-state index is 12.9. The lowest BCUT2D eigenvalue weighted by Gasteiger charge is -2.40. The van der Waals surface area contributed by atoms with Crippen molar-refractivity contribution in [3.8, 4) is 51.6 Å². The second kappa shape index (κ2) is 26.3. The topological polar surface area (TPSA) is 519 Å². The van der Waals surface area contributed by atoms with E-state index in [1.807, 2.05) is 0 Å². The predicted octanol–water partition coefficient (Wildman–Crippen LogP) is -5.50. The maximum Gasteiger partial charge on any atom is 0.402 e. The molecule has 4 saturated heterocycles. The minimum atomic E-state index is -2.19.